The van der Waals surface area contributed by atoms with E-state index in [-0.39, 0.29) is 5.56 Å². The van der Waals surface area contributed by atoms with E-state index in [0.717, 1.165) is 20.8 Å². The normalized spacial score (nSPS) is 11.4. The lowest BCUT2D eigenvalue weighted by molar-refractivity contribution is 0.818. The molecule has 3 aromatic heterocycles. The molecule has 5 nitrogen and oxygen atoms in total. The summed E-state index contributed by atoms with van der Waals surface area (Å²) < 4.78 is 1.26. The van der Waals surface area contributed by atoms with Crippen LogP contribution in [0, 0.1) is 6.92 Å². The lowest BCUT2D eigenvalue weighted by Crippen LogP contribution is -2.17. The number of aryl methyl sites for hydroxylation is 1. The number of aromatic nitrogens is 3. The zero-order valence-electron chi connectivity index (χ0n) is 13.5. The van der Waals surface area contributed by atoms with Crippen molar-refractivity contribution < 1.29 is 0 Å². The Hall–Kier alpha value is -3.12. The Morgan fingerprint density at radius 1 is 1.08 bits per heavy atom. The zero-order valence-corrected chi connectivity index (χ0v) is 14.3. The molecule has 0 saturated carbocycles. The highest BCUT2D eigenvalue weighted by Crippen LogP contribution is 2.35. The molecule has 122 valence electrons. The maximum atomic E-state index is 13.0. The van der Waals surface area contributed by atoms with E-state index < -0.39 is 0 Å². The van der Waals surface area contributed by atoms with Crippen molar-refractivity contribution in [1.29, 1.82) is 0 Å². The van der Waals surface area contributed by atoms with Gasteiger partial charge in [0.1, 0.15) is 11.2 Å². The molecule has 6 heteroatoms. The summed E-state index contributed by atoms with van der Waals surface area (Å²) in [4.78, 5) is 23.3. The molecule has 4 aromatic rings. The van der Waals surface area contributed by atoms with E-state index >= 15 is 0 Å². The summed E-state index contributed by atoms with van der Waals surface area (Å²) in [5, 5.41) is 4.83. The molecule has 0 N–H and O–H groups in total. The van der Waals surface area contributed by atoms with Crippen LogP contribution in [0.3, 0.4) is 0 Å². The number of nitrogens with zero attached hydrogens (tertiary/aromatic N) is 4. The van der Waals surface area contributed by atoms with Crippen LogP contribution >= 0.6 is 11.3 Å². The van der Waals surface area contributed by atoms with Crippen molar-refractivity contribution in [3.05, 3.63) is 82.0 Å². The van der Waals surface area contributed by atoms with E-state index in [2.05, 4.69) is 15.1 Å². The first kappa shape index (κ1) is 15.4. The molecule has 3 heterocycles. The second-order valence-corrected chi connectivity index (χ2v) is 6.68. The molecule has 0 fully saturated rings. The summed E-state index contributed by atoms with van der Waals surface area (Å²) in [6.07, 6.45) is 4.69. The first-order chi connectivity index (χ1) is 12.2. The van der Waals surface area contributed by atoms with Gasteiger partial charge in [-0.3, -0.25) is 9.78 Å². The number of benzene rings is 1. The monoisotopic (exact) mass is 346 g/mol. The zero-order chi connectivity index (χ0) is 17.2. The second-order valence-electron chi connectivity index (χ2n) is 5.47. The van der Waals surface area contributed by atoms with E-state index in [1.54, 1.807) is 12.4 Å². The van der Waals surface area contributed by atoms with Crippen LogP contribution < -0.4 is 5.56 Å². The Bertz CT molecular complexity index is 1110. The topological polar surface area (TPSA) is 60.1 Å². The van der Waals surface area contributed by atoms with Gasteiger partial charge in [-0.2, -0.15) is 9.78 Å². The maximum Gasteiger partial charge on any atom is 0.283 e. The average molecular weight is 346 g/mol. The minimum absolute atomic E-state index is 0.180. The summed E-state index contributed by atoms with van der Waals surface area (Å²) in [5.41, 5.74) is 2.44. The number of hydrogen-bond donors (Lipinski definition) is 0. The first-order valence-corrected chi connectivity index (χ1v) is 8.57. The van der Waals surface area contributed by atoms with Gasteiger partial charge in [-0.1, -0.05) is 36.4 Å². The summed E-state index contributed by atoms with van der Waals surface area (Å²) in [7, 11) is 0. The number of hydrogen-bond acceptors (Lipinski definition) is 5. The van der Waals surface area contributed by atoms with Crippen LogP contribution in [-0.2, 0) is 0 Å². The lowest BCUT2D eigenvalue weighted by Gasteiger charge is -2.02. The molecule has 25 heavy (non-hydrogen) atoms. The molecular weight excluding hydrogens is 332 g/mol. The Morgan fingerprint density at radius 3 is 2.64 bits per heavy atom. The molecule has 0 saturated heterocycles. The third kappa shape index (κ3) is 2.88. The molecule has 0 amide bonds. The van der Waals surface area contributed by atoms with Crippen molar-refractivity contribution in [2.75, 3.05) is 0 Å². The van der Waals surface area contributed by atoms with Gasteiger partial charge in [0.15, 0.2) is 0 Å². The third-order valence-corrected chi connectivity index (χ3v) is 4.85. The van der Waals surface area contributed by atoms with Crippen LogP contribution in [0.5, 0.6) is 0 Å². The molecule has 0 aliphatic heterocycles. The quantitative estimate of drug-likeness (QED) is 0.531. The lowest BCUT2D eigenvalue weighted by atomic mass is 10.0. The van der Waals surface area contributed by atoms with Gasteiger partial charge in [-0.25, -0.2) is 4.98 Å². The van der Waals surface area contributed by atoms with E-state index in [1.165, 1.54) is 22.3 Å². The summed E-state index contributed by atoms with van der Waals surface area (Å²) in [5.74, 6) is 0. The molecule has 0 atom stereocenters. The van der Waals surface area contributed by atoms with Crippen LogP contribution in [0.2, 0.25) is 0 Å². The SMILES string of the molecule is Cc1sc2ncn(/N=C/c3ccccn3)c(=O)c2c1-c1ccccc1. The highest BCUT2D eigenvalue weighted by atomic mass is 32.1. The van der Waals surface area contributed by atoms with Crippen molar-refractivity contribution >= 4 is 27.8 Å². The Labute approximate surface area is 147 Å². The number of rotatable bonds is 3. The predicted octanol–water partition coefficient (Wildman–Crippen LogP) is 3.71. The molecule has 0 aliphatic rings. The summed E-state index contributed by atoms with van der Waals surface area (Å²) in [6.45, 7) is 2.01. The molecular formula is C19H14N4OS. The fourth-order valence-electron chi connectivity index (χ4n) is 2.70. The number of pyridine rings is 1. The summed E-state index contributed by atoms with van der Waals surface area (Å²) >= 11 is 1.52. The van der Waals surface area contributed by atoms with Crippen molar-refractivity contribution in [3.8, 4) is 11.1 Å². The fourth-order valence-corrected chi connectivity index (χ4v) is 3.71. The minimum Gasteiger partial charge on any atom is -0.267 e. The van der Waals surface area contributed by atoms with Crippen LogP contribution in [0.25, 0.3) is 21.3 Å². The van der Waals surface area contributed by atoms with E-state index in [4.69, 9.17) is 0 Å². The van der Waals surface area contributed by atoms with Crippen LogP contribution in [-0.4, -0.2) is 20.9 Å². The molecule has 0 spiro atoms. The Kier molecular flexibility index (Phi) is 3.95. The van der Waals surface area contributed by atoms with Gasteiger partial charge in [0.2, 0.25) is 0 Å². The summed E-state index contributed by atoms with van der Waals surface area (Å²) in [6, 6.07) is 15.4. The van der Waals surface area contributed by atoms with Gasteiger partial charge in [0.05, 0.1) is 17.3 Å². The number of fused-ring (bicyclic) bond motifs is 1. The van der Waals surface area contributed by atoms with Gasteiger partial charge in [0, 0.05) is 16.6 Å². The van der Waals surface area contributed by atoms with Crippen LogP contribution in [0.1, 0.15) is 10.6 Å². The van der Waals surface area contributed by atoms with E-state index in [0.29, 0.717) is 11.1 Å². The average Bonchev–Trinajstić information content (AvgIpc) is 2.99. The maximum absolute atomic E-state index is 13.0. The second kappa shape index (κ2) is 6.41. The highest BCUT2D eigenvalue weighted by molar-refractivity contribution is 7.19. The fraction of sp³-hybridized carbons (Fsp3) is 0.0526. The van der Waals surface area contributed by atoms with Gasteiger partial charge < -0.3 is 0 Å². The molecule has 0 radical (unpaired) electrons. The van der Waals surface area contributed by atoms with Gasteiger partial charge >= 0.3 is 0 Å². The van der Waals surface area contributed by atoms with E-state index in [1.807, 2.05) is 55.5 Å². The minimum atomic E-state index is -0.180. The van der Waals surface area contributed by atoms with Gasteiger partial charge in [0.25, 0.3) is 5.56 Å². The van der Waals surface area contributed by atoms with E-state index in [9.17, 15) is 4.79 Å². The smallest absolute Gasteiger partial charge is 0.267 e. The first-order valence-electron chi connectivity index (χ1n) is 7.75. The van der Waals surface area contributed by atoms with Crippen molar-refractivity contribution in [2.24, 2.45) is 5.10 Å². The molecule has 1 aromatic carbocycles. The molecule has 4 rings (SSSR count). The predicted molar refractivity (Wildman–Crippen MR) is 101 cm³/mol. The molecule has 0 aliphatic carbocycles. The van der Waals surface area contributed by atoms with Crippen LogP contribution in [0.15, 0.2) is 71.0 Å². The van der Waals surface area contributed by atoms with Crippen molar-refractivity contribution in [3.63, 3.8) is 0 Å². The number of thiophene rings is 1. The van der Waals surface area contributed by atoms with Crippen LogP contribution in [0.4, 0.5) is 0 Å². The highest BCUT2D eigenvalue weighted by Gasteiger charge is 2.16. The molecule has 0 unspecified atom stereocenters. The van der Waals surface area contributed by atoms with Crippen molar-refractivity contribution in [1.82, 2.24) is 14.6 Å². The largest absolute Gasteiger partial charge is 0.283 e. The Balaban J connectivity index is 1.88. The van der Waals surface area contributed by atoms with Crippen molar-refractivity contribution in [2.45, 2.75) is 6.92 Å². The van der Waals surface area contributed by atoms with Gasteiger partial charge in [-0.05, 0) is 24.6 Å². The molecule has 0 bridgehead atoms. The Morgan fingerprint density at radius 2 is 1.88 bits per heavy atom. The standard InChI is InChI=1S/C19H14N4OS/c1-13-16(14-7-3-2-4-8-14)17-18(25-13)21-12-23(19(17)24)22-11-15-9-5-6-10-20-15/h2-12H,1H3/b22-11+. The third-order valence-electron chi connectivity index (χ3n) is 3.84. The van der Waals surface area contributed by atoms with Gasteiger partial charge in [-0.15, -0.1) is 11.3 Å².